The third-order valence-electron chi connectivity index (χ3n) is 1.64. The van der Waals surface area contributed by atoms with Crippen molar-refractivity contribution in [3.63, 3.8) is 0 Å². The van der Waals surface area contributed by atoms with Gasteiger partial charge in [-0.3, -0.25) is 0 Å². The normalized spacial score (nSPS) is 15.5. The number of nitriles is 1. The molecule has 0 aromatic rings. The SMILES string of the molecule is N#CS(=S)(=S)S(=S)(=S)S(=S)(=S)S(=S)(=S)S(=S)(=S)S(=S)(=S)S(=S)(=S)S. The molecule has 0 rings (SSSR count). The Balaban J connectivity index is 7.41. The second-order valence-electron chi connectivity index (χ2n) is 3.01. The molecule has 0 fully saturated rings. The summed E-state index contributed by atoms with van der Waals surface area (Å²) in [5.41, 5.74) is 0. The van der Waals surface area contributed by atoms with E-state index < -0.39 is 37.4 Å². The van der Waals surface area contributed by atoms with Crippen LogP contribution in [-0.2, 0) is 194 Å². The average molecular weight is 733 g/mol. The van der Waals surface area contributed by atoms with Gasteiger partial charge in [-0.1, -0.05) is 11.7 Å². The van der Waals surface area contributed by atoms with Gasteiger partial charge in [-0.2, -0.15) is 5.26 Å². The van der Waals surface area contributed by atoms with Crippen LogP contribution in [0.15, 0.2) is 0 Å². The van der Waals surface area contributed by atoms with E-state index in [4.69, 9.17) is 157 Å². The van der Waals surface area contributed by atoms with Gasteiger partial charge >= 0.3 is 0 Å². The molecule has 0 saturated heterocycles. The Morgan fingerprint density at radius 2 is 0.750 bits per heavy atom. The third kappa shape index (κ3) is 4.89. The van der Waals surface area contributed by atoms with Gasteiger partial charge in [0, 0.05) is 31.3 Å². The molecule has 23 heteroatoms. The summed E-state index contributed by atoms with van der Waals surface area (Å²) in [4.78, 5) is 0. The van der Waals surface area contributed by atoms with Crippen molar-refractivity contribution in [1.29, 1.82) is 5.26 Å². The Hall–Kier alpha value is 5.37. The molecule has 0 atom stereocenters. The smallest absolute Gasteiger partial charge is 0.152 e. The Morgan fingerprint density at radius 1 is 0.500 bits per heavy atom. The average Bonchev–Trinajstić information content (AvgIpc) is 2.36. The number of thiocyanates is 1. The lowest BCUT2D eigenvalue weighted by atomic mass is 11.8. The fourth-order valence-corrected chi connectivity index (χ4v) is 121. The van der Waals surface area contributed by atoms with Gasteiger partial charge in [-0.25, -0.2) is 0 Å². The number of rotatable bonds is 6. The number of thiol groups is 1. The Bertz CT molecular complexity index is 1330. The van der Waals surface area contributed by atoms with E-state index in [0.29, 0.717) is 0 Å². The largest absolute Gasteiger partial charge is 0.184 e. The van der Waals surface area contributed by atoms with Gasteiger partial charge in [0.2, 0.25) is 0 Å². The molecule has 0 radical (unpaired) electrons. The zero-order valence-electron chi connectivity index (χ0n) is 9.97. The van der Waals surface area contributed by atoms with Crippen molar-refractivity contribution in [2.45, 2.75) is 0 Å². The van der Waals surface area contributed by atoms with Gasteiger partial charge < -0.3 is 0 Å². The Morgan fingerprint density at radius 3 is 1.00 bits per heavy atom. The van der Waals surface area contributed by atoms with Crippen molar-refractivity contribution in [1.82, 2.24) is 0 Å². The fourth-order valence-electron chi connectivity index (χ4n) is 0.567. The standard InChI is InChI=1S/CHNS22/c2-1-18(3,4)20(8,9)22(12,13)24(16,17)23(14,15)21(10,11)19(5,6)7/h(H,5,6,7). The predicted octanol–water partition coefficient (Wildman–Crippen LogP) is 0.347. The van der Waals surface area contributed by atoms with Crippen LogP contribution in [0.3, 0.4) is 0 Å². The van der Waals surface area contributed by atoms with Crippen molar-refractivity contribution in [3.05, 3.63) is 0 Å². The van der Waals surface area contributed by atoms with Crippen molar-refractivity contribution >= 4 is 206 Å². The molecule has 0 spiro atoms. The molecule has 0 amide bonds. The van der Waals surface area contributed by atoms with E-state index >= 15 is 0 Å². The number of nitrogens with zero attached hydrogens (tertiary/aromatic N) is 1. The third-order valence-corrected chi connectivity index (χ3v) is 119. The summed E-state index contributed by atoms with van der Waals surface area (Å²) in [6.45, 7) is 0. The molecular weight excluding hydrogens is 731 g/mol. The van der Waals surface area contributed by atoms with Crippen LogP contribution in [-0.4, -0.2) is 0 Å². The Labute approximate surface area is 211 Å². The zero-order valence-corrected chi connectivity index (χ0v) is 28.0. The van der Waals surface area contributed by atoms with Gasteiger partial charge in [0.15, 0.2) is 5.40 Å². The van der Waals surface area contributed by atoms with Crippen LogP contribution in [0, 0.1) is 10.7 Å². The van der Waals surface area contributed by atoms with Crippen molar-refractivity contribution < 1.29 is 0 Å². The highest BCUT2D eigenvalue weighted by Gasteiger charge is 2.37. The molecule has 0 bridgehead atoms. The lowest BCUT2D eigenvalue weighted by Crippen LogP contribution is -2.32. The molecule has 0 aliphatic rings. The first kappa shape index (κ1) is 29.4. The maximum absolute atomic E-state index is 9.26. The van der Waals surface area contributed by atoms with Crippen molar-refractivity contribution in [2.75, 3.05) is 0 Å². The summed E-state index contributed by atoms with van der Waals surface area (Å²) in [5.74, 6) is 0. The minimum atomic E-state index is -3.11. The minimum absolute atomic E-state index is 1.78. The first-order valence-electron chi connectivity index (χ1n) is 3.94. The molecule has 1 nitrogen and oxygen atoms in total. The lowest BCUT2D eigenvalue weighted by molar-refractivity contribution is 1.57. The van der Waals surface area contributed by atoms with Crippen molar-refractivity contribution in [2.24, 2.45) is 0 Å². The van der Waals surface area contributed by atoms with Crippen molar-refractivity contribution in [3.8, 4) is 5.40 Å². The molecular formula is CHNS22. The van der Waals surface area contributed by atoms with Crippen LogP contribution in [0.1, 0.15) is 0 Å². The molecule has 0 aromatic heterocycles. The predicted molar refractivity (Wildman–Crippen MR) is 169 cm³/mol. The maximum Gasteiger partial charge on any atom is 0.152 e. The first-order valence-corrected chi connectivity index (χ1v) is 32.5. The van der Waals surface area contributed by atoms with Gasteiger partial charge in [0.25, 0.3) is 0 Å². The summed E-state index contributed by atoms with van der Waals surface area (Å²) >= 11 is 79.2. The monoisotopic (exact) mass is 730 g/mol. The molecule has 0 unspecified atom stereocenters. The summed E-state index contributed by atoms with van der Waals surface area (Å²) in [5, 5.41) is -6.79. The quantitative estimate of drug-likeness (QED) is 0.231. The first-order chi connectivity index (χ1) is 10.1. The van der Waals surface area contributed by atoms with Gasteiger partial charge in [0.05, 0.1) is 6.18 Å². The molecule has 0 saturated carbocycles. The van der Waals surface area contributed by atoms with E-state index in [1.807, 2.05) is 0 Å². The van der Waals surface area contributed by atoms with E-state index in [9.17, 15) is 5.26 Å². The highest BCUT2D eigenvalue weighted by molar-refractivity contribution is 9.69. The molecule has 24 heavy (non-hydrogen) atoms. The van der Waals surface area contributed by atoms with Crippen LogP contribution in [0.4, 0.5) is 0 Å². The molecule has 0 N–H and O–H groups in total. The van der Waals surface area contributed by atoms with Crippen LogP contribution in [0.2, 0.25) is 0 Å². The number of hydrogen-bond donors (Lipinski definition) is 1. The van der Waals surface area contributed by atoms with E-state index in [1.54, 1.807) is 5.40 Å². The maximum atomic E-state index is 9.26. The van der Waals surface area contributed by atoms with E-state index in [0.717, 1.165) is 0 Å². The second kappa shape index (κ2) is 9.08. The summed E-state index contributed by atoms with van der Waals surface area (Å²) < 4.78 is 0. The molecule has 0 aromatic carbocycles. The van der Waals surface area contributed by atoms with E-state index in [-0.39, 0.29) is 0 Å². The Kier molecular flexibility index (Phi) is 11.1. The highest BCUT2D eigenvalue weighted by atomic mass is 34.4. The zero-order chi connectivity index (χ0) is 20.2. The van der Waals surface area contributed by atoms with E-state index in [1.165, 1.54) is 0 Å². The molecule has 0 aliphatic carbocycles. The fraction of sp³-hybridized carbons (Fsp3) is 0. The van der Waals surface area contributed by atoms with Gasteiger partial charge in [0.1, 0.15) is 0 Å². The molecule has 0 aliphatic heterocycles. The highest BCUT2D eigenvalue weighted by Crippen LogP contribution is 2.34. The minimum Gasteiger partial charge on any atom is -0.184 e. The molecule has 142 valence electrons. The summed E-state index contributed by atoms with van der Waals surface area (Å²) in [7, 11) is 0. The van der Waals surface area contributed by atoms with Gasteiger partial charge in [-0.05, 0) is 157 Å². The van der Waals surface area contributed by atoms with Crippen LogP contribution < -0.4 is 0 Å². The topological polar surface area (TPSA) is 23.8 Å². The summed E-state index contributed by atoms with van der Waals surface area (Å²) in [6, 6.07) is 0. The van der Waals surface area contributed by atoms with Crippen LogP contribution >= 0.6 is 11.7 Å². The lowest BCUT2D eigenvalue weighted by Gasteiger charge is -2.29. The second-order valence-corrected chi connectivity index (χ2v) is 74.7. The van der Waals surface area contributed by atoms with E-state index in [2.05, 4.69) is 11.7 Å². The molecule has 0 heterocycles. The number of hydrogen-bond acceptors (Lipinski definition) is 15. The van der Waals surface area contributed by atoms with Crippen LogP contribution in [0.25, 0.3) is 0 Å². The van der Waals surface area contributed by atoms with Crippen LogP contribution in [0.5, 0.6) is 0 Å². The summed E-state index contributed by atoms with van der Waals surface area (Å²) in [6.07, 6.45) is -2.98. The van der Waals surface area contributed by atoms with Gasteiger partial charge in [-0.15, -0.1) is 0 Å².